The Kier molecular flexibility index (Phi) is 3.42. The second-order valence-corrected chi connectivity index (χ2v) is 5.00. The number of nitrogens with one attached hydrogen (secondary N) is 3. The van der Waals surface area contributed by atoms with E-state index in [-0.39, 0.29) is 11.0 Å². The summed E-state index contributed by atoms with van der Waals surface area (Å²) in [5.41, 5.74) is 0.547. The topological polar surface area (TPSA) is 82.7 Å². The molecule has 2 aromatic rings. The quantitative estimate of drug-likeness (QED) is 0.750. The van der Waals surface area contributed by atoms with Gasteiger partial charge >= 0.3 is 0 Å². The maximum absolute atomic E-state index is 11.9. The van der Waals surface area contributed by atoms with Crippen molar-refractivity contribution in [1.29, 1.82) is 0 Å². The largest absolute Gasteiger partial charge is 0.300 e. The van der Waals surface area contributed by atoms with E-state index in [1.165, 1.54) is 0 Å². The Balaban J connectivity index is 1.57. The van der Waals surface area contributed by atoms with Crippen LogP contribution in [-0.4, -0.2) is 26.2 Å². The second kappa shape index (κ2) is 5.38. The van der Waals surface area contributed by atoms with E-state index >= 15 is 0 Å². The molecule has 0 bridgehead atoms. The average Bonchev–Trinajstić information content (AvgIpc) is 3.20. The van der Waals surface area contributed by atoms with Gasteiger partial charge in [-0.1, -0.05) is 18.2 Å². The van der Waals surface area contributed by atoms with E-state index in [2.05, 4.69) is 25.8 Å². The maximum atomic E-state index is 11.9. The number of aromatic nitrogens is 3. The first-order valence-corrected chi connectivity index (χ1v) is 6.73. The lowest BCUT2D eigenvalue weighted by Gasteiger charge is -2.06. The zero-order chi connectivity index (χ0) is 13.9. The Labute approximate surface area is 121 Å². The normalized spacial score (nSPS) is 13.8. The minimum Gasteiger partial charge on any atom is -0.300 e. The van der Waals surface area contributed by atoms with Gasteiger partial charge in [0.1, 0.15) is 5.82 Å². The van der Waals surface area contributed by atoms with Crippen LogP contribution in [0.2, 0.25) is 0 Å². The highest BCUT2D eigenvalue weighted by Gasteiger charge is 2.27. The number of aromatic amines is 1. The van der Waals surface area contributed by atoms with Crippen LogP contribution in [0.4, 0.5) is 5.95 Å². The molecule has 1 saturated carbocycles. The Morgan fingerprint density at radius 1 is 1.30 bits per heavy atom. The first kappa shape index (κ1) is 12.7. The number of thiocarbonyl (C=S) groups is 1. The SMILES string of the molecule is O=C(NC(=S)Nc1n[nH]c(C2CC2)n1)c1ccccc1. The number of nitrogens with zero attached hydrogens (tertiary/aromatic N) is 2. The summed E-state index contributed by atoms with van der Waals surface area (Å²) in [5, 5.41) is 12.4. The maximum Gasteiger partial charge on any atom is 0.257 e. The van der Waals surface area contributed by atoms with E-state index < -0.39 is 0 Å². The fraction of sp³-hybridized carbons (Fsp3) is 0.231. The summed E-state index contributed by atoms with van der Waals surface area (Å²) in [6.45, 7) is 0. The third-order valence-corrected chi connectivity index (χ3v) is 3.16. The van der Waals surface area contributed by atoms with Crippen LogP contribution in [0.15, 0.2) is 30.3 Å². The van der Waals surface area contributed by atoms with Gasteiger partial charge in [0.15, 0.2) is 5.11 Å². The molecule has 0 aliphatic heterocycles. The van der Waals surface area contributed by atoms with Crippen LogP contribution in [0.25, 0.3) is 0 Å². The summed E-state index contributed by atoms with van der Waals surface area (Å²) in [6.07, 6.45) is 2.29. The molecule has 3 N–H and O–H groups in total. The van der Waals surface area contributed by atoms with Crippen molar-refractivity contribution in [3.63, 3.8) is 0 Å². The van der Waals surface area contributed by atoms with E-state index in [0.29, 0.717) is 17.4 Å². The van der Waals surface area contributed by atoms with Crippen molar-refractivity contribution < 1.29 is 4.79 Å². The molecule has 1 amide bonds. The van der Waals surface area contributed by atoms with E-state index in [9.17, 15) is 4.79 Å². The highest BCUT2D eigenvalue weighted by Crippen LogP contribution is 2.37. The number of H-pyrrole nitrogens is 1. The van der Waals surface area contributed by atoms with E-state index in [0.717, 1.165) is 18.7 Å². The number of carbonyl (C=O) groups excluding carboxylic acids is 1. The number of carbonyl (C=O) groups is 1. The van der Waals surface area contributed by atoms with Gasteiger partial charge in [-0.05, 0) is 37.2 Å². The molecule has 7 heteroatoms. The van der Waals surface area contributed by atoms with Gasteiger partial charge in [0.25, 0.3) is 5.91 Å². The number of hydrogen-bond donors (Lipinski definition) is 3. The summed E-state index contributed by atoms with van der Waals surface area (Å²) in [4.78, 5) is 16.2. The predicted molar refractivity (Wildman–Crippen MR) is 78.5 cm³/mol. The molecule has 102 valence electrons. The van der Waals surface area contributed by atoms with Crippen molar-refractivity contribution in [2.75, 3.05) is 5.32 Å². The summed E-state index contributed by atoms with van der Waals surface area (Å²) < 4.78 is 0. The lowest BCUT2D eigenvalue weighted by molar-refractivity contribution is 0.0977. The van der Waals surface area contributed by atoms with Crippen molar-refractivity contribution in [3.05, 3.63) is 41.7 Å². The van der Waals surface area contributed by atoms with Gasteiger partial charge in [-0.25, -0.2) is 0 Å². The van der Waals surface area contributed by atoms with Gasteiger partial charge in [0, 0.05) is 11.5 Å². The van der Waals surface area contributed by atoms with Crippen LogP contribution in [0.1, 0.15) is 34.9 Å². The van der Waals surface area contributed by atoms with Gasteiger partial charge < -0.3 is 0 Å². The Morgan fingerprint density at radius 2 is 2.05 bits per heavy atom. The van der Waals surface area contributed by atoms with Crippen LogP contribution in [0.5, 0.6) is 0 Å². The average molecular weight is 287 g/mol. The Hall–Kier alpha value is -2.28. The molecule has 6 nitrogen and oxygen atoms in total. The van der Waals surface area contributed by atoms with Gasteiger partial charge in [0.2, 0.25) is 5.95 Å². The minimum absolute atomic E-state index is 0.181. The summed E-state index contributed by atoms with van der Waals surface area (Å²) in [6, 6.07) is 8.87. The standard InChI is InChI=1S/C13H13N5OS/c19-11(9-4-2-1-3-5-9)15-13(20)16-12-14-10(17-18-12)8-6-7-8/h1-5,8H,6-7H2,(H3,14,15,16,17,18,19,20). The molecule has 0 radical (unpaired) electrons. The smallest absolute Gasteiger partial charge is 0.257 e. The van der Waals surface area contributed by atoms with Crippen molar-refractivity contribution in [2.45, 2.75) is 18.8 Å². The Bertz CT molecular complexity index is 635. The van der Waals surface area contributed by atoms with Crippen molar-refractivity contribution in [1.82, 2.24) is 20.5 Å². The predicted octanol–water partition coefficient (Wildman–Crippen LogP) is 1.81. The van der Waals surface area contributed by atoms with E-state index in [1.54, 1.807) is 24.3 Å². The molecule has 0 atom stereocenters. The van der Waals surface area contributed by atoms with Crippen LogP contribution in [-0.2, 0) is 0 Å². The highest BCUT2D eigenvalue weighted by molar-refractivity contribution is 7.80. The minimum atomic E-state index is -0.263. The highest BCUT2D eigenvalue weighted by atomic mass is 32.1. The fourth-order valence-electron chi connectivity index (χ4n) is 1.77. The molecule has 0 unspecified atom stereocenters. The first-order valence-electron chi connectivity index (χ1n) is 6.32. The molecule has 1 aliphatic carbocycles. The molecule has 1 heterocycles. The van der Waals surface area contributed by atoms with Crippen molar-refractivity contribution in [2.24, 2.45) is 0 Å². The van der Waals surface area contributed by atoms with Crippen molar-refractivity contribution >= 4 is 29.2 Å². The number of rotatable bonds is 3. The molecule has 0 saturated heterocycles. The van der Waals surface area contributed by atoms with Crippen LogP contribution < -0.4 is 10.6 Å². The lowest BCUT2D eigenvalue weighted by atomic mass is 10.2. The molecule has 20 heavy (non-hydrogen) atoms. The number of benzene rings is 1. The van der Waals surface area contributed by atoms with Gasteiger partial charge in [0.05, 0.1) is 0 Å². The van der Waals surface area contributed by atoms with E-state index in [1.807, 2.05) is 6.07 Å². The third kappa shape index (κ3) is 3.00. The second-order valence-electron chi connectivity index (χ2n) is 4.59. The molecule has 1 aliphatic rings. The third-order valence-electron chi connectivity index (χ3n) is 2.96. The summed E-state index contributed by atoms with van der Waals surface area (Å²) in [5.74, 6) is 1.47. The van der Waals surface area contributed by atoms with Crippen LogP contribution in [0.3, 0.4) is 0 Å². The van der Waals surface area contributed by atoms with Crippen molar-refractivity contribution in [3.8, 4) is 0 Å². The lowest BCUT2D eigenvalue weighted by Crippen LogP contribution is -2.34. The Morgan fingerprint density at radius 3 is 2.75 bits per heavy atom. The first-order chi connectivity index (χ1) is 9.72. The molecule has 1 aromatic heterocycles. The van der Waals surface area contributed by atoms with Gasteiger partial charge in [-0.2, -0.15) is 4.98 Å². The number of hydrogen-bond acceptors (Lipinski definition) is 4. The molecule has 0 spiro atoms. The number of anilines is 1. The zero-order valence-electron chi connectivity index (χ0n) is 10.6. The summed E-state index contributed by atoms with van der Waals surface area (Å²) >= 11 is 5.07. The van der Waals surface area contributed by atoms with E-state index in [4.69, 9.17) is 12.2 Å². The molecular weight excluding hydrogens is 274 g/mol. The number of amides is 1. The molecule has 3 rings (SSSR count). The summed E-state index contributed by atoms with van der Waals surface area (Å²) in [7, 11) is 0. The van der Waals surface area contributed by atoms with Crippen LogP contribution in [0, 0.1) is 0 Å². The fourth-order valence-corrected chi connectivity index (χ4v) is 1.95. The molecular formula is C13H13N5OS. The van der Waals surface area contributed by atoms with Gasteiger partial charge in [-0.3, -0.25) is 20.5 Å². The molecule has 1 aromatic carbocycles. The monoisotopic (exact) mass is 287 g/mol. The van der Waals surface area contributed by atoms with Crippen LogP contribution >= 0.6 is 12.2 Å². The molecule has 1 fully saturated rings. The zero-order valence-corrected chi connectivity index (χ0v) is 11.4. The van der Waals surface area contributed by atoms with Gasteiger partial charge in [-0.15, -0.1) is 5.10 Å².